The molecule has 0 aromatic rings. The summed E-state index contributed by atoms with van der Waals surface area (Å²) >= 11 is 0. The molecule has 0 radical (unpaired) electrons. The largest absolute Gasteiger partial charge is 0.335 e. The molecule has 2 fully saturated rings. The topological polar surface area (TPSA) is 32.3 Å². The molecule has 0 atom stereocenters. The van der Waals surface area contributed by atoms with Crippen LogP contribution in [0.25, 0.3) is 0 Å². The zero-order chi connectivity index (χ0) is 10.8. The third-order valence-corrected chi connectivity index (χ3v) is 3.67. The highest BCUT2D eigenvalue weighted by Gasteiger charge is 2.28. The molecule has 0 aromatic carbocycles. The van der Waals surface area contributed by atoms with E-state index in [4.69, 9.17) is 0 Å². The van der Waals surface area contributed by atoms with Crippen molar-refractivity contribution in [2.24, 2.45) is 11.8 Å². The lowest BCUT2D eigenvalue weighted by Crippen LogP contribution is -2.45. The first-order chi connectivity index (χ1) is 7.16. The summed E-state index contributed by atoms with van der Waals surface area (Å²) in [6, 6.07) is 0.653. The summed E-state index contributed by atoms with van der Waals surface area (Å²) in [5, 5.41) is 3.05. The maximum absolute atomic E-state index is 11.7. The Bertz CT molecular complexity index is 228. The van der Waals surface area contributed by atoms with Crippen molar-refractivity contribution in [2.45, 2.75) is 45.6 Å². The molecule has 3 nitrogen and oxygen atoms in total. The minimum absolute atomic E-state index is 0.166. The molecule has 2 aliphatic rings. The predicted molar refractivity (Wildman–Crippen MR) is 60.7 cm³/mol. The number of nitrogens with one attached hydrogen (secondary N) is 1. The number of nitrogens with zero attached hydrogens (tertiary/aromatic N) is 1. The highest BCUT2D eigenvalue weighted by Crippen LogP contribution is 2.25. The molecule has 0 spiro atoms. The summed E-state index contributed by atoms with van der Waals surface area (Å²) in [7, 11) is 0. The Balaban J connectivity index is 1.74. The molecular weight excluding hydrogens is 188 g/mol. The van der Waals surface area contributed by atoms with Crippen LogP contribution in [0.15, 0.2) is 0 Å². The molecule has 2 rings (SSSR count). The summed E-state index contributed by atoms with van der Waals surface area (Å²) in [5.41, 5.74) is 0. The minimum atomic E-state index is 0.166. The van der Waals surface area contributed by atoms with E-state index in [1.165, 1.54) is 25.7 Å². The number of urea groups is 1. The average Bonchev–Trinajstić information content (AvgIpc) is 3.02. The van der Waals surface area contributed by atoms with Gasteiger partial charge in [0, 0.05) is 19.1 Å². The van der Waals surface area contributed by atoms with Crippen molar-refractivity contribution in [1.82, 2.24) is 10.2 Å². The van der Waals surface area contributed by atoms with Crippen LogP contribution in [0.5, 0.6) is 0 Å². The van der Waals surface area contributed by atoms with Crippen LogP contribution in [-0.4, -0.2) is 30.1 Å². The summed E-state index contributed by atoms with van der Waals surface area (Å²) in [6.45, 7) is 6.46. The summed E-state index contributed by atoms with van der Waals surface area (Å²) < 4.78 is 0. The Morgan fingerprint density at radius 2 is 1.80 bits per heavy atom. The summed E-state index contributed by atoms with van der Waals surface area (Å²) in [6.07, 6.45) is 4.70. The van der Waals surface area contributed by atoms with Crippen molar-refractivity contribution >= 4 is 6.03 Å². The number of likely N-dealkylation sites (tertiary alicyclic amines) is 1. The van der Waals surface area contributed by atoms with Crippen molar-refractivity contribution in [3.63, 3.8) is 0 Å². The van der Waals surface area contributed by atoms with Crippen LogP contribution in [0.3, 0.4) is 0 Å². The van der Waals surface area contributed by atoms with Crippen molar-refractivity contribution in [1.29, 1.82) is 0 Å². The van der Waals surface area contributed by atoms with Gasteiger partial charge in [0.25, 0.3) is 0 Å². The molecule has 15 heavy (non-hydrogen) atoms. The predicted octanol–water partition coefficient (Wildman–Crippen LogP) is 2.23. The van der Waals surface area contributed by atoms with Crippen LogP contribution in [0.1, 0.15) is 39.5 Å². The summed E-state index contributed by atoms with van der Waals surface area (Å²) in [4.78, 5) is 13.7. The fraction of sp³-hybridized carbons (Fsp3) is 0.917. The lowest BCUT2D eigenvalue weighted by molar-refractivity contribution is 0.156. The van der Waals surface area contributed by atoms with E-state index in [9.17, 15) is 4.79 Å². The molecule has 2 amide bonds. The number of carbonyl (C=O) groups is 1. The van der Waals surface area contributed by atoms with E-state index in [0.717, 1.165) is 24.9 Å². The van der Waals surface area contributed by atoms with Gasteiger partial charge in [0.2, 0.25) is 0 Å². The van der Waals surface area contributed by atoms with Gasteiger partial charge in [-0.25, -0.2) is 4.79 Å². The highest BCUT2D eigenvalue weighted by atomic mass is 16.2. The molecule has 1 aliphatic carbocycles. The van der Waals surface area contributed by atoms with Crippen molar-refractivity contribution in [2.75, 3.05) is 13.1 Å². The Labute approximate surface area is 92.2 Å². The van der Waals surface area contributed by atoms with E-state index >= 15 is 0 Å². The smallest absolute Gasteiger partial charge is 0.317 e. The first-order valence-electron chi connectivity index (χ1n) is 6.22. The third-order valence-electron chi connectivity index (χ3n) is 3.67. The van der Waals surface area contributed by atoms with E-state index in [0.29, 0.717) is 6.04 Å². The molecule has 0 aromatic heterocycles. The van der Waals surface area contributed by atoms with Gasteiger partial charge in [0.1, 0.15) is 0 Å². The Hall–Kier alpha value is -0.730. The van der Waals surface area contributed by atoms with Gasteiger partial charge in [-0.15, -0.1) is 0 Å². The third kappa shape index (κ3) is 2.86. The average molecular weight is 210 g/mol. The number of piperidine rings is 1. The van der Waals surface area contributed by atoms with E-state index < -0.39 is 0 Å². The maximum Gasteiger partial charge on any atom is 0.317 e. The van der Waals surface area contributed by atoms with E-state index in [2.05, 4.69) is 19.2 Å². The van der Waals surface area contributed by atoms with Gasteiger partial charge < -0.3 is 10.2 Å². The fourth-order valence-corrected chi connectivity index (χ4v) is 2.26. The molecule has 0 bridgehead atoms. The Kier molecular flexibility index (Phi) is 3.17. The first-order valence-corrected chi connectivity index (χ1v) is 6.22. The van der Waals surface area contributed by atoms with Gasteiger partial charge in [-0.05, 0) is 37.5 Å². The van der Waals surface area contributed by atoms with Crippen molar-refractivity contribution in [3.8, 4) is 0 Å². The Morgan fingerprint density at radius 1 is 1.20 bits per heavy atom. The van der Waals surface area contributed by atoms with Crippen molar-refractivity contribution < 1.29 is 4.79 Å². The molecule has 86 valence electrons. The zero-order valence-electron chi connectivity index (χ0n) is 9.83. The number of rotatable bonds is 2. The zero-order valence-corrected chi connectivity index (χ0v) is 9.83. The lowest BCUT2D eigenvalue weighted by atomic mass is 9.87. The second-order valence-electron chi connectivity index (χ2n) is 5.29. The van der Waals surface area contributed by atoms with Gasteiger partial charge in [0.05, 0.1) is 0 Å². The standard InChI is InChI=1S/C12H22N2O/c1-9(2)10-5-7-14(8-6-10)12(15)13-11-3-4-11/h9-11H,3-8H2,1-2H3,(H,13,15). The van der Waals surface area contributed by atoms with E-state index in [1.54, 1.807) is 0 Å². The summed E-state index contributed by atoms with van der Waals surface area (Å²) in [5.74, 6) is 1.58. The van der Waals surface area contributed by atoms with E-state index in [1.807, 2.05) is 4.90 Å². The second-order valence-corrected chi connectivity index (χ2v) is 5.29. The van der Waals surface area contributed by atoms with Gasteiger partial charge in [-0.1, -0.05) is 13.8 Å². The lowest BCUT2D eigenvalue weighted by Gasteiger charge is -2.33. The van der Waals surface area contributed by atoms with Gasteiger partial charge in [-0.3, -0.25) is 0 Å². The maximum atomic E-state index is 11.7. The fourth-order valence-electron chi connectivity index (χ4n) is 2.26. The van der Waals surface area contributed by atoms with Crippen LogP contribution >= 0.6 is 0 Å². The van der Waals surface area contributed by atoms with Gasteiger partial charge in [0.15, 0.2) is 0 Å². The molecule has 1 saturated heterocycles. The molecule has 1 N–H and O–H groups in total. The second kappa shape index (κ2) is 4.42. The quantitative estimate of drug-likeness (QED) is 0.744. The Morgan fingerprint density at radius 3 is 2.27 bits per heavy atom. The number of amides is 2. The van der Waals surface area contributed by atoms with Gasteiger partial charge in [-0.2, -0.15) is 0 Å². The number of carbonyl (C=O) groups excluding carboxylic acids is 1. The van der Waals surface area contributed by atoms with Crippen LogP contribution in [0.2, 0.25) is 0 Å². The number of hydrogen-bond acceptors (Lipinski definition) is 1. The van der Waals surface area contributed by atoms with Crippen LogP contribution in [0, 0.1) is 11.8 Å². The molecule has 0 unspecified atom stereocenters. The normalized spacial score (nSPS) is 23.3. The van der Waals surface area contributed by atoms with Crippen LogP contribution in [-0.2, 0) is 0 Å². The van der Waals surface area contributed by atoms with E-state index in [-0.39, 0.29) is 6.03 Å². The molecule has 1 aliphatic heterocycles. The molecule has 1 saturated carbocycles. The number of hydrogen-bond donors (Lipinski definition) is 1. The van der Waals surface area contributed by atoms with Crippen molar-refractivity contribution in [3.05, 3.63) is 0 Å². The SMILES string of the molecule is CC(C)C1CCN(C(=O)NC2CC2)CC1. The first kappa shape index (κ1) is 10.8. The van der Waals surface area contributed by atoms with Gasteiger partial charge >= 0.3 is 6.03 Å². The molecule has 1 heterocycles. The monoisotopic (exact) mass is 210 g/mol. The molecular formula is C12H22N2O. The minimum Gasteiger partial charge on any atom is -0.335 e. The molecule has 3 heteroatoms. The highest BCUT2D eigenvalue weighted by molar-refractivity contribution is 5.74. The van der Waals surface area contributed by atoms with Crippen LogP contribution in [0.4, 0.5) is 4.79 Å². The van der Waals surface area contributed by atoms with Crippen LogP contribution < -0.4 is 5.32 Å².